The van der Waals surface area contributed by atoms with Gasteiger partial charge in [0.15, 0.2) is 11.6 Å². The van der Waals surface area contributed by atoms with Crippen LogP contribution in [0.25, 0.3) is 0 Å². The van der Waals surface area contributed by atoms with Gasteiger partial charge in [-0.15, -0.1) is 0 Å². The summed E-state index contributed by atoms with van der Waals surface area (Å²) >= 11 is 0. The van der Waals surface area contributed by atoms with E-state index in [1.165, 1.54) is 154 Å². The molecule has 0 saturated heterocycles. The van der Waals surface area contributed by atoms with Crippen LogP contribution in [0.5, 0.6) is 0 Å². The quantitative estimate of drug-likeness (QED) is 0.0603. The molecule has 0 fully saturated rings. The SMILES string of the molecule is CCCCCCCCCCCCCCCCCC(=O)C(O)C(O)C(O)C(=O)CCCCCCCCCCCCCCCCC. The number of carbonyl (C=O) groups is 2. The number of hydrogen-bond acceptors (Lipinski definition) is 5. The molecule has 262 valence electrons. The Bertz CT molecular complexity index is 570. The highest BCUT2D eigenvalue weighted by Crippen LogP contribution is 2.17. The molecule has 0 heterocycles. The van der Waals surface area contributed by atoms with Gasteiger partial charge in [-0.2, -0.15) is 0 Å². The van der Waals surface area contributed by atoms with Gasteiger partial charge in [-0.1, -0.05) is 194 Å². The standard InChI is InChI=1S/C39H76O5/c1-3-5-7-9-11-13-15-17-19-21-23-25-27-29-31-33-35(40)37(42)39(44)38(43)36(41)34-32-30-28-26-24-22-20-18-16-14-12-10-8-6-4-2/h37-39,42-44H,3-34H2,1-2H3. The molecule has 44 heavy (non-hydrogen) atoms. The number of ketones is 2. The Kier molecular flexibility index (Phi) is 33.0. The molecule has 0 rings (SSSR count). The van der Waals surface area contributed by atoms with E-state index >= 15 is 0 Å². The second-order valence-corrected chi connectivity index (χ2v) is 13.7. The highest BCUT2D eigenvalue weighted by atomic mass is 16.4. The molecule has 0 radical (unpaired) electrons. The first-order valence-electron chi connectivity index (χ1n) is 19.5. The van der Waals surface area contributed by atoms with Gasteiger partial charge in [-0.05, 0) is 12.8 Å². The number of hydrogen-bond donors (Lipinski definition) is 3. The van der Waals surface area contributed by atoms with Crippen molar-refractivity contribution in [2.45, 2.75) is 238 Å². The van der Waals surface area contributed by atoms with Crippen molar-refractivity contribution in [2.24, 2.45) is 0 Å². The van der Waals surface area contributed by atoms with E-state index in [0.717, 1.165) is 25.7 Å². The topological polar surface area (TPSA) is 94.8 Å². The van der Waals surface area contributed by atoms with Crippen LogP contribution in [0.15, 0.2) is 0 Å². The predicted octanol–water partition coefficient (Wildman–Crippen LogP) is 10.7. The van der Waals surface area contributed by atoms with Crippen LogP contribution >= 0.6 is 0 Å². The van der Waals surface area contributed by atoms with Crippen LogP contribution < -0.4 is 0 Å². The fraction of sp³-hybridized carbons (Fsp3) is 0.949. The zero-order valence-electron chi connectivity index (χ0n) is 29.5. The van der Waals surface area contributed by atoms with E-state index < -0.39 is 29.9 Å². The fourth-order valence-electron chi connectivity index (χ4n) is 6.19. The third-order valence-corrected chi connectivity index (χ3v) is 9.36. The number of aliphatic hydroxyl groups excluding tert-OH is 3. The molecule has 0 saturated carbocycles. The van der Waals surface area contributed by atoms with Crippen molar-refractivity contribution >= 4 is 11.6 Å². The highest BCUT2D eigenvalue weighted by Gasteiger charge is 2.33. The van der Waals surface area contributed by atoms with E-state index in [0.29, 0.717) is 12.8 Å². The third kappa shape index (κ3) is 27.5. The van der Waals surface area contributed by atoms with Gasteiger partial charge in [0.2, 0.25) is 0 Å². The molecule has 2 unspecified atom stereocenters. The lowest BCUT2D eigenvalue weighted by Gasteiger charge is -2.21. The maximum atomic E-state index is 12.3. The minimum atomic E-state index is -1.73. The Labute approximate surface area is 273 Å². The molecule has 0 aromatic carbocycles. The number of rotatable bonds is 36. The zero-order valence-corrected chi connectivity index (χ0v) is 29.5. The maximum Gasteiger partial charge on any atom is 0.164 e. The van der Waals surface area contributed by atoms with E-state index in [9.17, 15) is 24.9 Å². The number of carbonyl (C=O) groups excluding carboxylic acids is 2. The van der Waals surface area contributed by atoms with E-state index in [1.807, 2.05) is 0 Å². The lowest BCUT2D eigenvalue weighted by Crippen LogP contribution is -2.45. The molecule has 0 bridgehead atoms. The van der Waals surface area contributed by atoms with Gasteiger partial charge >= 0.3 is 0 Å². The van der Waals surface area contributed by atoms with E-state index in [4.69, 9.17) is 0 Å². The van der Waals surface area contributed by atoms with Crippen LogP contribution in [0.1, 0.15) is 219 Å². The van der Waals surface area contributed by atoms with Crippen LogP contribution in [0.3, 0.4) is 0 Å². The molecule has 5 nitrogen and oxygen atoms in total. The second kappa shape index (κ2) is 33.6. The average Bonchev–Trinajstić information content (AvgIpc) is 3.03. The predicted molar refractivity (Wildman–Crippen MR) is 187 cm³/mol. The molecule has 2 atom stereocenters. The van der Waals surface area contributed by atoms with Gasteiger partial charge in [-0.25, -0.2) is 0 Å². The van der Waals surface area contributed by atoms with Crippen molar-refractivity contribution in [1.29, 1.82) is 0 Å². The normalized spacial score (nSPS) is 13.7. The maximum absolute atomic E-state index is 12.3. The second-order valence-electron chi connectivity index (χ2n) is 13.7. The van der Waals surface area contributed by atoms with Crippen molar-refractivity contribution in [3.05, 3.63) is 0 Å². The monoisotopic (exact) mass is 625 g/mol. The minimum absolute atomic E-state index is 0.177. The lowest BCUT2D eigenvalue weighted by molar-refractivity contribution is -0.146. The van der Waals surface area contributed by atoms with Crippen molar-refractivity contribution in [3.63, 3.8) is 0 Å². The first-order chi connectivity index (χ1) is 21.5. The molecule has 0 aliphatic carbocycles. The summed E-state index contributed by atoms with van der Waals surface area (Å²) in [4.78, 5) is 24.6. The molecule has 0 amide bonds. The largest absolute Gasteiger partial charge is 0.387 e. The molecule has 0 aliphatic rings. The van der Waals surface area contributed by atoms with Crippen LogP contribution in [-0.4, -0.2) is 45.2 Å². The Morgan fingerprint density at radius 2 is 0.523 bits per heavy atom. The molecule has 5 heteroatoms. The summed E-state index contributed by atoms with van der Waals surface area (Å²) in [7, 11) is 0. The van der Waals surface area contributed by atoms with Gasteiger partial charge in [0.25, 0.3) is 0 Å². The van der Waals surface area contributed by atoms with Crippen LogP contribution in [0.2, 0.25) is 0 Å². The average molecular weight is 625 g/mol. The van der Waals surface area contributed by atoms with Crippen molar-refractivity contribution in [1.82, 2.24) is 0 Å². The van der Waals surface area contributed by atoms with E-state index in [1.54, 1.807) is 0 Å². The van der Waals surface area contributed by atoms with Gasteiger partial charge < -0.3 is 15.3 Å². The van der Waals surface area contributed by atoms with Crippen LogP contribution in [-0.2, 0) is 9.59 Å². The van der Waals surface area contributed by atoms with Crippen LogP contribution in [0.4, 0.5) is 0 Å². The zero-order chi connectivity index (χ0) is 32.5. The minimum Gasteiger partial charge on any atom is -0.387 e. The molecule has 0 spiro atoms. The van der Waals surface area contributed by atoms with Crippen molar-refractivity contribution in [2.75, 3.05) is 0 Å². The molecule has 0 aliphatic heterocycles. The Balaban J connectivity index is 3.65. The summed E-state index contributed by atoms with van der Waals surface area (Å²) < 4.78 is 0. The van der Waals surface area contributed by atoms with Crippen molar-refractivity contribution in [3.8, 4) is 0 Å². The van der Waals surface area contributed by atoms with Crippen molar-refractivity contribution < 1.29 is 24.9 Å². The summed E-state index contributed by atoms with van der Waals surface area (Å²) in [6.07, 6.45) is 32.5. The number of unbranched alkanes of at least 4 members (excludes halogenated alkanes) is 28. The molecule has 0 aromatic rings. The smallest absolute Gasteiger partial charge is 0.164 e. The Morgan fingerprint density at radius 3 is 0.727 bits per heavy atom. The van der Waals surface area contributed by atoms with E-state index in [-0.39, 0.29) is 12.8 Å². The Hall–Kier alpha value is -0.780. The van der Waals surface area contributed by atoms with E-state index in [2.05, 4.69) is 13.8 Å². The third-order valence-electron chi connectivity index (χ3n) is 9.36. The first-order valence-corrected chi connectivity index (χ1v) is 19.5. The van der Waals surface area contributed by atoms with Gasteiger partial charge in [0.05, 0.1) is 0 Å². The van der Waals surface area contributed by atoms with Gasteiger partial charge in [-0.3, -0.25) is 9.59 Å². The summed E-state index contributed by atoms with van der Waals surface area (Å²) in [5.41, 5.74) is 0. The summed E-state index contributed by atoms with van der Waals surface area (Å²) in [5.74, 6) is -0.961. The summed E-state index contributed by atoms with van der Waals surface area (Å²) in [5, 5.41) is 30.7. The summed E-state index contributed by atoms with van der Waals surface area (Å²) in [6.45, 7) is 4.52. The van der Waals surface area contributed by atoms with Gasteiger partial charge in [0, 0.05) is 12.8 Å². The van der Waals surface area contributed by atoms with Crippen LogP contribution in [0, 0.1) is 0 Å². The molecule has 3 N–H and O–H groups in total. The fourth-order valence-corrected chi connectivity index (χ4v) is 6.19. The first kappa shape index (κ1) is 43.2. The molecular weight excluding hydrogens is 548 g/mol. The molecule has 0 aromatic heterocycles. The Morgan fingerprint density at radius 1 is 0.341 bits per heavy atom. The number of Topliss-reactive ketones (excluding diaryl/α,β-unsaturated/α-hetero) is 2. The van der Waals surface area contributed by atoms with Gasteiger partial charge in [0.1, 0.15) is 18.3 Å². The molecular formula is C39H76O5. The lowest BCUT2D eigenvalue weighted by atomic mass is 9.95. The number of aliphatic hydroxyl groups is 3. The summed E-state index contributed by atoms with van der Waals surface area (Å²) in [6, 6.07) is 0. The highest BCUT2D eigenvalue weighted by molar-refractivity contribution is 5.87.